The molecule has 4 aliphatic rings. The quantitative estimate of drug-likeness (QED) is 0.292. The molecule has 1 saturated heterocycles. The van der Waals surface area contributed by atoms with E-state index in [-0.39, 0.29) is 11.3 Å². The molecule has 1 spiro atoms. The van der Waals surface area contributed by atoms with E-state index in [0.717, 1.165) is 45.4 Å². The maximum atomic E-state index is 15.2. The molecule has 7 rings (SSSR count). The van der Waals surface area contributed by atoms with E-state index in [4.69, 9.17) is 14.2 Å². The summed E-state index contributed by atoms with van der Waals surface area (Å²) in [6.45, 7) is 2.72. The zero-order valence-corrected chi connectivity index (χ0v) is 24.9. The molecule has 0 bridgehead atoms. The van der Waals surface area contributed by atoms with E-state index in [2.05, 4.69) is 27.8 Å². The molecular formula is C33H28BrFN2O5. The Kier molecular flexibility index (Phi) is 6.29. The van der Waals surface area contributed by atoms with Crippen LogP contribution in [0.2, 0.25) is 0 Å². The molecule has 0 saturated carbocycles. The summed E-state index contributed by atoms with van der Waals surface area (Å²) < 4.78 is 33.9. The normalized spacial score (nSPS) is 23.1. The number of anilines is 2. The van der Waals surface area contributed by atoms with Crippen molar-refractivity contribution in [2.24, 2.45) is 0 Å². The zero-order chi connectivity index (χ0) is 29.3. The average Bonchev–Trinajstić information content (AvgIpc) is 3.61. The van der Waals surface area contributed by atoms with Crippen LogP contribution in [0.3, 0.4) is 0 Å². The average molecular weight is 631 g/mol. The summed E-state index contributed by atoms with van der Waals surface area (Å²) >= 11 is 3.50. The number of rotatable bonds is 6. The van der Waals surface area contributed by atoms with E-state index in [0.29, 0.717) is 17.8 Å². The van der Waals surface area contributed by atoms with Gasteiger partial charge in [0.05, 0.1) is 25.5 Å². The lowest BCUT2D eigenvalue weighted by molar-refractivity contribution is -0.140. The summed E-state index contributed by atoms with van der Waals surface area (Å²) in [5.74, 6) is -1.86. The van der Waals surface area contributed by atoms with Gasteiger partial charge in [-0.2, -0.15) is 0 Å². The smallest absolute Gasteiger partial charge is 0.355 e. The summed E-state index contributed by atoms with van der Waals surface area (Å²) in [6.07, 6.45) is 0.535. The van der Waals surface area contributed by atoms with E-state index >= 15 is 4.39 Å². The molecular weight excluding hydrogens is 603 g/mol. The first kappa shape index (κ1) is 26.9. The highest BCUT2D eigenvalue weighted by molar-refractivity contribution is 9.10. The third kappa shape index (κ3) is 3.40. The van der Waals surface area contributed by atoms with Gasteiger partial charge in [-0.15, -0.1) is 0 Å². The summed E-state index contributed by atoms with van der Waals surface area (Å²) in [5, 5.41) is 0. The summed E-state index contributed by atoms with van der Waals surface area (Å²) in [6, 6.07) is 20.0. The van der Waals surface area contributed by atoms with Gasteiger partial charge in [-0.25, -0.2) is 14.0 Å². The van der Waals surface area contributed by atoms with Gasteiger partial charge in [-0.1, -0.05) is 53.5 Å². The van der Waals surface area contributed by atoms with Gasteiger partial charge < -0.3 is 24.0 Å². The molecule has 3 unspecified atom stereocenters. The summed E-state index contributed by atoms with van der Waals surface area (Å²) in [7, 11) is 2.58. The Hall–Kier alpha value is -3.95. The van der Waals surface area contributed by atoms with Crippen molar-refractivity contribution in [2.75, 3.05) is 30.6 Å². The van der Waals surface area contributed by atoms with Crippen LogP contribution in [0.15, 0.2) is 88.0 Å². The fraction of sp³-hybridized carbons (Fsp3) is 0.273. The molecule has 7 nitrogen and oxygen atoms in total. The SMILES string of the molecule is CCCCN1c2ccc(F)cc2C23C(C(=O)OC)=C(C(=O)OC)N(c4ccc(Br)cc4)C4=C2C(OC13)c1ccccc14. The zero-order valence-electron chi connectivity index (χ0n) is 23.3. The Morgan fingerprint density at radius 2 is 1.76 bits per heavy atom. The number of methoxy groups -OCH3 is 2. The molecule has 42 heavy (non-hydrogen) atoms. The van der Waals surface area contributed by atoms with Crippen LogP contribution in [0.4, 0.5) is 15.8 Å². The molecule has 3 heterocycles. The monoisotopic (exact) mass is 630 g/mol. The number of ether oxygens (including phenoxy) is 3. The highest BCUT2D eigenvalue weighted by Crippen LogP contribution is 2.70. The maximum Gasteiger partial charge on any atom is 0.355 e. The number of benzene rings is 3. The van der Waals surface area contributed by atoms with Gasteiger partial charge in [-0.3, -0.25) is 0 Å². The molecule has 1 fully saturated rings. The topological polar surface area (TPSA) is 68.3 Å². The van der Waals surface area contributed by atoms with Gasteiger partial charge in [0.1, 0.15) is 29.3 Å². The van der Waals surface area contributed by atoms with Crippen LogP contribution in [-0.2, 0) is 29.2 Å². The highest BCUT2D eigenvalue weighted by Gasteiger charge is 2.70. The molecule has 214 valence electrons. The van der Waals surface area contributed by atoms with Crippen molar-refractivity contribution >= 4 is 44.9 Å². The van der Waals surface area contributed by atoms with Gasteiger partial charge in [0.15, 0.2) is 0 Å². The van der Waals surface area contributed by atoms with Crippen molar-refractivity contribution in [3.8, 4) is 0 Å². The third-order valence-electron chi connectivity index (χ3n) is 8.74. The standard InChI is InChI=1S/C33H28BrFN2O5/c1-4-5-16-36-24-15-12-19(35)17-23(24)33-25-27(21-8-6-7-9-22(21)29(25)42-32(33)36)37(20-13-10-18(34)11-14-20)28(31(39)41-3)26(33)30(38)40-2/h6-15,17,29,32H,4-5,16H2,1-3H3. The number of hydrogen-bond donors (Lipinski definition) is 0. The van der Waals surface area contributed by atoms with E-state index < -0.39 is 35.5 Å². The summed E-state index contributed by atoms with van der Waals surface area (Å²) in [5.41, 5.74) is 4.05. The molecule has 3 aromatic rings. The lowest BCUT2D eigenvalue weighted by Crippen LogP contribution is -2.51. The van der Waals surface area contributed by atoms with Gasteiger partial charge in [0.25, 0.3) is 0 Å². The summed E-state index contributed by atoms with van der Waals surface area (Å²) in [4.78, 5) is 32.0. The fourth-order valence-corrected chi connectivity index (χ4v) is 7.42. The Morgan fingerprint density at radius 1 is 1.02 bits per heavy atom. The van der Waals surface area contributed by atoms with Gasteiger partial charge in [-0.05, 0) is 60.0 Å². The van der Waals surface area contributed by atoms with Crippen LogP contribution in [-0.4, -0.2) is 38.9 Å². The van der Waals surface area contributed by atoms with E-state index in [1.807, 2.05) is 48.5 Å². The van der Waals surface area contributed by atoms with E-state index in [1.54, 1.807) is 11.0 Å². The number of carbonyl (C=O) groups is 2. The second-order valence-electron chi connectivity index (χ2n) is 10.8. The first-order valence-corrected chi connectivity index (χ1v) is 14.7. The maximum absolute atomic E-state index is 15.2. The number of nitrogens with zero attached hydrogens (tertiary/aromatic N) is 2. The molecule has 0 amide bonds. The minimum absolute atomic E-state index is 0.0175. The van der Waals surface area contributed by atoms with Crippen molar-refractivity contribution in [1.82, 2.24) is 0 Å². The highest BCUT2D eigenvalue weighted by atomic mass is 79.9. The van der Waals surface area contributed by atoms with Gasteiger partial charge >= 0.3 is 11.9 Å². The number of hydrogen-bond acceptors (Lipinski definition) is 7. The van der Waals surface area contributed by atoms with Crippen molar-refractivity contribution in [2.45, 2.75) is 37.5 Å². The van der Waals surface area contributed by atoms with Crippen molar-refractivity contribution < 1.29 is 28.2 Å². The van der Waals surface area contributed by atoms with E-state index in [1.165, 1.54) is 26.4 Å². The van der Waals surface area contributed by atoms with Gasteiger partial charge in [0, 0.05) is 33.5 Å². The minimum Gasteiger partial charge on any atom is -0.466 e. The Balaban J connectivity index is 1.65. The molecule has 3 atom stereocenters. The van der Waals surface area contributed by atoms with Crippen LogP contribution in [0.25, 0.3) is 5.70 Å². The lowest BCUT2D eigenvalue weighted by atomic mass is 9.66. The number of carbonyl (C=O) groups excluding carboxylic acids is 2. The first-order valence-electron chi connectivity index (χ1n) is 13.9. The molecule has 0 N–H and O–H groups in total. The third-order valence-corrected chi connectivity index (χ3v) is 9.26. The second kappa shape index (κ2) is 9.81. The minimum atomic E-state index is -1.33. The number of unbranched alkanes of at least 4 members (excludes halogenated alkanes) is 1. The van der Waals surface area contributed by atoms with Crippen LogP contribution >= 0.6 is 15.9 Å². The Bertz CT molecular complexity index is 1720. The van der Waals surface area contributed by atoms with Crippen LogP contribution < -0.4 is 9.80 Å². The largest absolute Gasteiger partial charge is 0.466 e. The van der Waals surface area contributed by atoms with Crippen LogP contribution in [0.5, 0.6) is 0 Å². The Labute approximate surface area is 251 Å². The van der Waals surface area contributed by atoms with E-state index in [9.17, 15) is 9.59 Å². The van der Waals surface area contributed by atoms with Crippen molar-refractivity contribution in [3.05, 3.63) is 111 Å². The molecule has 0 aromatic heterocycles. The molecule has 3 aliphatic heterocycles. The molecule has 0 radical (unpaired) electrons. The van der Waals surface area contributed by atoms with Crippen molar-refractivity contribution in [1.29, 1.82) is 0 Å². The first-order chi connectivity index (χ1) is 20.4. The van der Waals surface area contributed by atoms with Crippen LogP contribution in [0.1, 0.15) is 42.6 Å². The van der Waals surface area contributed by atoms with Crippen LogP contribution in [0, 0.1) is 5.82 Å². The second-order valence-corrected chi connectivity index (χ2v) is 11.7. The fourth-order valence-electron chi connectivity index (χ4n) is 7.16. The molecule has 3 aromatic carbocycles. The Morgan fingerprint density at radius 3 is 2.48 bits per heavy atom. The predicted molar refractivity (Wildman–Crippen MR) is 159 cm³/mol. The lowest BCUT2D eigenvalue weighted by Gasteiger charge is -2.42. The number of halogens is 2. The predicted octanol–water partition coefficient (Wildman–Crippen LogP) is 6.39. The molecule has 9 heteroatoms. The van der Waals surface area contributed by atoms with Gasteiger partial charge in [0.2, 0.25) is 0 Å². The number of esters is 2. The van der Waals surface area contributed by atoms with Crippen molar-refractivity contribution in [3.63, 3.8) is 0 Å². The number of fused-ring (bicyclic) bond motifs is 4. The molecule has 1 aliphatic carbocycles.